The fraction of sp³-hybridized carbons (Fsp3) is 0.462. The molecule has 0 amide bonds. The van der Waals surface area contributed by atoms with Crippen molar-refractivity contribution in [1.29, 1.82) is 0 Å². The number of fused-ring (bicyclic) bond motifs is 1. The Morgan fingerprint density at radius 3 is 3.06 bits per heavy atom. The van der Waals surface area contributed by atoms with Gasteiger partial charge in [-0.1, -0.05) is 23.4 Å². The molecule has 0 fully saturated rings. The van der Waals surface area contributed by atoms with Crippen LogP contribution in [0.25, 0.3) is 0 Å². The van der Waals surface area contributed by atoms with E-state index in [4.69, 9.17) is 10.9 Å². The highest BCUT2D eigenvalue weighted by molar-refractivity contribution is 5.79. The number of aryl methyl sites for hydroxylation is 1. The fourth-order valence-electron chi connectivity index (χ4n) is 2.34. The van der Waals surface area contributed by atoms with Crippen molar-refractivity contribution in [1.82, 2.24) is 0 Å². The minimum absolute atomic E-state index is 0.315. The van der Waals surface area contributed by atoms with E-state index in [1.165, 1.54) is 24.1 Å². The molecule has 0 aromatic heterocycles. The molecule has 1 aromatic rings. The Kier molecular flexibility index (Phi) is 3.85. The molecule has 92 valence electrons. The van der Waals surface area contributed by atoms with E-state index in [1.54, 1.807) is 0 Å². The second-order valence-corrected chi connectivity index (χ2v) is 4.41. The molecular weight excluding hydrogens is 214 g/mol. The number of hydrogen-bond donors (Lipinski definition) is 2. The SMILES string of the molecule is N/C(CCCN1CCCc2ccccc21)=N\O. The molecule has 4 heteroatoms. The minimum Gasteiger partial charge on any atom is -0.409 e. The summed E-state index contributed by atoms with van der Waals surface area (Å²) in [6, 6.07) is 8.56. The summed E-state index contributed by atoms with van der Waals surface area (Å²) in [4.78, 5) is 2.39. The van der Waals surface area contributed by atoms with Crippen LogP contribution < -0.4 is 10.6 Å². The topological polar surface area (TPSA) is 61.8 Å². The molecule has 0 saturated carbocycles. The molecule has 1 aliphatic heterocycles. The minimum atomic E-state index is 0.315. The van der Waals surface area contributed by atoms with Crippen molar-refractivity contribution in [2.75, 3.05) is 18.0 Å². The van der Waals surface area contributed by atoms with Crippen molar-refractivity contribution in [3.8, 4) is 0 Å². The van der Waals surface area contributed by atoms with Gasteiger partial charge >= 0.3 is 0 Å². The second-order valence-electron chi connectivity index (χ2n) is 4.41. The van der Waals surface area contributed by atoms with Crippen LogP contribution in [0, 0.1) is 0 Å². The Bertz CT molecular complexity index is 403. The molecule has 0 aliphatic carbocycles. The monoisotopic (exact) mass is 233 g/mol. The van der Waals surface area contributed by atoms with Crippen LogP contribution in [0.4, 0.5) is 5.69 Å². The first-order valence-electron chi connectivity index (χ1n) is 6.10. The molecule has 0 spiro atoms. The number of amidine groups is 1. The molecule has 1 aliphatic rings. The van der Waals surface area contributed by atoms with E-state index < -0.39 is 0 Å². The Labute approximate surface area is 102 Å². The summed E-state index contributed by atoms with van der Waals surface area (Å²) in [6.45, 7) is 2.07. The first-order valence-corrected chi connectivity index (χ1v) is 6.10. The van der Waals surface area contributed by atoms with Gasteiger partial charge in [0.2, 0.25) is 0 Å². The average Bonchev–Trinajstić information content (AvgIpc) is 2.39. The van der Waals surface area contributed by atoms with Gasteiger partial charge < -0.3 is 15.8 Å². The number of benzene rings is 1. The Morgan fingerprint density at radius 1 is 1.41 bits per heavy atom. The summed E-state index contributed by atoms with van der Waals surface area (Å²) in [7, 11) is 0. The fourth-order valence-corrected chi connectivity index (χ4v) is 2.34. The lowest BCUT2D eigenvalue weighted by atomic mass is 10.0. The van der Waals surface area contributed by atoms with E-state index in [9.17, 15) is 0 Å². The van der Waals surface area contributed by atoms with Crippen LogP contribution in [0.2, 0.25) is 0 Å². The van der Waals surface area contributed by atoms with Crippen LogP contribution in [0.15, 0.2) is 29.4 Å². The Balaban J connectivity index is 1.95. The zero-order valence-electron chi connectivity index (χ0n) is 9.97. The summed E-state index contributed by atoms with van der Waals surface area (Å²) in [5, 5.41) is 11.5. The van der Waals surface area contributed by atoms with Crippen molar-refractivity contribution in [3.63, 3.8) is 0 Å². The van der Waals surface area contributed by atoms with E-state index in [2.05, 4.69) is 34.3 Å². The van der Waals surface area contributed by atoms with Crippen LogP contribution in [0.5, 0.6) is 0 Å². The van der Waals surface area contributed by atoms with Crippen LogP contribution in [0.3, 0.4) is 0 Å². The highest BCUT2D eigenvalue weighted by atomic mass is 16.4. The molecule has 0 bridgehead atoms. The van der Waals surface area contributed by atoms with E-state index >= 15 is 0 Å². The Morgan fingerprint density at radius 2 is 2.24 bits per heavy atom. The first-order chi connectivity index (χ1) is 8.31. The predicted octanol–water partition coefficient (Wildman–Crippen LogP) is 1.97. The number of hydrogen-bond acceptors (Lipinski definition) is 3. The van der Waals surface area contributed by atoms with E-state index in [0.717, 1.165) is 19.5 Å². The summed E-state index contributed by atoms with van der Waals surface area (Å²) in [6.07, 6.45) is 3.95. The van der Waals surface area contributed by atoms with Gasteiger partial charge in [0.15, 0.2) is 0 Å². The summed E-state index contributed by atoms with van der Waals surface area (Å²) >= 11 is 0. The van der Waals surface area contributed by atoms with E-state index in [-0.39, 0.29) is 0 Å². The number of anilines is 1. The van der Waals surface area contributed by atoms with Gasteiger partial charge in [-0.3, -0.25) is 0 Å². The molecule has 3 N–H and O–H groups in total. The zero-order valence-corrected chi connectivity index (χ0v) is 9.97. The van der Waals surface area contributed by atoms with E-state index in [0.29, 0.717) is 12.3 Å². The average molecular weight is 233 g/mol. The largest absolute Gasteiger partial charge is 0.409 e. The first kappa shape index (κ1) is 11.8. The molecule has 0 radical (unpaired) electrons. The van der Waals surface area contributed by atoms with Gasteiger partial charge in [0.1, 0.15) is 5.84 Å². The Hall–Kier alpha value is -1.71. The van der Waals surface area contributed by atoms with Gasteiger partial charge in [0.05, 0.1) is 0 Å². The summed E-state index contributed by atoms with van der Waals surface area (Å²) in [5.41, 5.74) is 8.24. The highest BCUT2D eigenvalue weighted by Crippen LogP contribution is 2.26. The van der Waals surface area contributed by atoms with Crippen molar-refractivity contribution in [3.05, 3.63) is 29.8 Å². The maximum absolute atomic E-state index is 8.48. The van der Waals surface area contributed by atoms with Crippen LogP contribution in [0.1, 0.15) is 24.8 Å². The molecule has 1 aromatic carbocycles. The molecule has 1 heterocycles. The summed E-state index contributed by atoms with van der Waals surface area (Å²) in [5.74, 6) is 0.315. The standard InChI is InChI=1S/C13H19N3O/c14-13(15-17)8-4-10-16-9-3-6-11-5-1-2-7-12(11)16/h1-2,5,7,17H,3-4,6,8-10H2,(H2,14,15). The molecule has 17 heavy (non-hydrogen) atoms. The molecule has 0 saturated heterocycles. The molecule has 4 nitrogen and oxygen atoms in total. The maximum atomic E-state index is 8.48. The quantitative estimate of drug-likeness (QED) is 0.362. The molecular formula is C13H19N3O. The van der Waals surface area contributed by atoms with Gasteiger partial charge in [0.25, 0.3) is 0 Å². The number of nitrogens with zero attached hydrogens (tertiary/aromatic N) is 2. The molecule has 2 rings (SSSR count). The van der Waals surface area contributed by atoms with Gasteiger partial charge in [-0.25, -0.2) is 0 Å². The van der Waals surface area contributed by atoms with E-state index in [1.807, 2.05) is 0 Å². The second kappa shape index (κ2) is 5.57. The normalized spacial score (nSPS) is 15.8. The van der Waals surface area contributed by atoms with Gasteiger partial charge in [-0.2, -0.15) is 0 Å². The maximum Gasteiger partial charge on any atom is 0.139 e. The lowest BCUT2D eigenvalue weighted by Crippen LogP contribution is -2.30. The van der Waals surface area contributed by atoms with Crippen molar-refractivity contribution in [2.24, 2.45) is 10.9 Å². The lowest BCUT2D eigenvalue weighted by molar-refractivity contribution is 0.316. The number of para-hydroxylation sites is 1. The third-order valence-electron chi connectivity index (χ3n) is 3.20. The third kappa shape index (κ3) is 2.90. The molecule has 0 unspecified atom stereocenters. The summed E-state index contributed by atoms with van der Waals surface area (Å²) < 4.78 is 0. The van der Waals surface area contributed by atoms with Crippen molar-refractivity contribution >= 4 is 11.5 Å². The lowest BCUT2D eigenvalue weighted by Gasteiger charge is -2.31. The van der Waals surface area contributed by atoms with Crippen molar-refractivity contribution < 1.29 is 5.21 Å². The van der Waals surface area contributed by atoms with Crippen LogP contribution >= 0.6 is 0 Å². The third-order valence-corrected chi connectivity index (χ3v) is 3.20. The van der Waals surface area contributed by atoms with Crippen molar-refractivity contribution in [2.45, 2.75) is 25.7 Å². The van der Waals surface area contributed by atoms with Gasteiger partial charge in [0, 0.05) is 25.2 Å². The number of nitrogens with two attached hydrogens (primary N) is 1. The van der Waals surface area contributed by atoms with Crippen LogP contribution in [-0.2, 0) is 6.42 Å². The predicted molar refractivity (Wildman–Crippen MR) is 69.6 cm³/mol. The number of oxime groups is 1. The van der Waals surface area contributed by atoms with Gasteiger partial charge in [-0.05, 0) is 30.9 Å². The molecule has 0 atom stereocenters. The number of rotatable bonds is 4. The highest BCUT2D eigenvalue weighted by Gasteiger charge is 2.15. The van der Waals surface area contributed by atoms with Crippen LogP contribution in [-0.4, -0.2) is 24.1 Å². The van der Waals surface area contributed by atoms with Gasteiger partial charge in [-0.15, -0.1) is 0 Å². The zero-order chi connectivity index (χ0) is 12.1. The smallest absolute Gasteiger partial charge is 0.139 e.